The van der Waals surface area contributed by atoms with Crippen LogP contribution in [0.3, 0.4) is 0 Å². The number of allylic oxidation sites excluding steroid dienone is 1. The first kappa shape index (κ1) is 21.6. The van der Waals surface area contributed by atoms with Crippen LogP contribution >= 0.6 is 11.8 Å². The summed E-state index contributed by atoms with van der Waals surface area (Å²) in [6.07, 6.45) is 1.78. The molecule has 2 heterocycles. The highest BCUT2D eigenvalue weighted by molar-refractivity contribution is 7.99. The van der Waals surface area contributed by atoms with Gasteiger partial charge in [0.15, 0.2) is 10.9 Å². The summed E-state index contributed by atoms with van der Waals surface area (Å²) in [5.74, 6) is 0.700. The van der Waals surface area contributed by atoms with Gasteiger partial charge in [0.2, 0.25) is 0 Å². The van der Waals surface area contributed by atoms with E-state index in [-0.39, 0.29) is 17.5 Å². The molecule has 3 aromatic rings. The number of rotatable bonds is 8. The number of carbonyl (C=O) groups excluding carboxylic acids is 2. The second-order valence-corrected chi connectivity index (χ2v) is 7.74. The number of esters is 1. The zero-order valence-corrected chi connectivity index (χ0v) is 18.3. The summed E-state index contributed by atoms with van der Waals surface area (Å²) in [7, 11) is 1.35. The molecule has 0 aliphatic carbocycles. The normalized spacial score (nSPS) is 10.8. The van der Waals surface area contributed by atoms with Crippen molar-refractivity contribution in [2.24, 2.45) is 0 Å². The van der Waals surface area contributed by atoms with Crippen molar-refractivity contribution in [2.75, 3.05) is 12.9 Å². The maximum absolute atomic E-state index is 12.9. The number of Topliss-reactive ketones (excluding diaryl/α,β-unsaturated/α-hetero) is 1. The minimum absolute atomic E-state index is 0.0244. The van der Waals surface area contributed by atoms with E-state index in [0.717, 1.165) is 22.9 Å². The summed E-state index contributed by atoms with van der Waals surface area (Å²) in [4.78, 5) is 24.6. The molecule has 0 N–H and O–H groups in total. The van der Waals surface area contributed by atoms with Crippen molar-refractivity contribution in [2.45, 2.75) is 32.5 Å². The lowest BCUT2D eigenvalue weighted by atomic mass is 10.2. The Hall–Kier alpha value is -3.13. The minimum Gasteiger partial charge on any atom is -0.465 e. The summed E-state index contributed by atoms with van der Waals surface area (Å²) in [5.41, 5.74) is 3.83. The zero-order valence-electron chi connectivity index (χ0n) is 17.5. The first-order valence-electron chi connectivity index (χ1n) is 9.41. The van der Waals surface area contributed by atoms with Crippen molar-refractivity contribution in [3.63, 3.8) is 0 Å². The number of hydrogen-bond donors (Lipinski definition) is 0. The molecule has 30 heavy (non-hydrogen) atoms. The van der Waals surface area contributed by atoms with Gasteiger partial charge in [0.25, 0.3) is 0 Å². The van der Waals surface area contributed by atoms with E-state index < -0.39 is 0 Å². The predicted octanol–water partition coefficient (Wildman–Crippen LogP) is 3.94. The molecule has 3 rings (SSSR count). The van der Waals surface area contributed by atoms with Crippen LogP contribution in [0.1, 0.15) is 37.9 Å². The Morgan fingerprint density at radius 1 is 1.17 bits per heavy atom. The van der Waals surface area contributed by atoms with Gasteiger partial charge in [0.1, 0.15) is 5.82 Å². The summed E-state index contributed by atoms with van der Waals surface area (Å²) >= 11 is 1.37. The molecule has 0 radical (unpaired) electrons. The van der Waals surface area contributed by atoms with E-state index in [1.807, 2.05) is 48.1 Å². The zero-order chi connectivity index (χ0) is 21.8. The first-order valence-corrected chi connectivity index (χ1v) is 10.4. The highest BCUT2D eigenvalue weighted by Gasteiger charge is 2.19. The maximum Gasteiger partial charge on any atom is 0.337 e. The Balaban J connectivity index is 1.80. The van der Waals surface area contributed by atoms with Crippen LogP contribution in [0.2, 0.25) is 0 Å². The Kier molecular flexibility index (Phi) is 6.56. The highest BCUT2D eigenvalue weighted by Crippen LogP contribution is 2.24. The molecular formula is C22H24N4O3S. The standard InChI is InChI=1S/C22H24N4O3S/c1-6-11-25-16(4)23-24-22(25)30-13-20(27)19-12-14(2)26(15(19)3)18-9-7-17(8-10-18)21(28)29-5/h6-10,12H,1,11,13H2,2-5H3. The third-order valence-electron chi connectivity index (χ3n) is 4.82. The number of thioether (sulfide) groups is 1. The van der Waals surface area contributed by atoms with Crippen molar-refractivity contribution >= 4 is 23.5 Å². The van der Waals surface area contributed by atoms with Gasteiger partial charge in [0, 0.05) is 29.2 Å². The van der Waals surface area contributed by atoms with Crippen LogP contribution in [0.5, 0.6) is 0 Å². The van der Waals surface area contributed by atoms with E-state index in [1.165, 1.54) is 18.9 Å². The molecule has 0 saturated carbocycles. The van der Waals surface area contributed by atoms with Crippen molar-refractivity contribution in [1.29, 1.82) is 0 Å². The number of methoxy groups -OCH3 is 1. The number of ketones is 1. The molecule has 0 unspecified atom stereocenters. The van der Waals surface area contributed by atoms with E-state index >= 15 is 0 Å². The average Bonchev–Trinajstić information content (AvgIpc) is 3.25. The summed E-state index contributed by atoms with van der Waals surface area (Å²) in [5, 5.41) is 8.94. The predicted molar refractivity (Wildman–Crippen MR) is 117 cm³/mol. The monoisotopic (exact) mass is 424 g/mol. The molecule has 0 saturated heterocycles. The molecule has 0 fully saturated rings. The summed E-state index contributed by atoms with van der Waals surface area (Å²) in [6, 6.07) is 9.01. The van der Waals surface area contributed by atoms with Crippen molar-refractivity contribution < 1.29 is 14.3 Å². The van der Waals surface area contributed by atoms with Crippen LogP contribution < -0.4 is 0 Å². The SMILES string of the molecule is C=CCn1c(C)nnc1SCC(=O)c1cc(C)n(-c2ccc(C(=O)OC)cc2)c1C. The van der Waals surface area contributed by atoms with E-state index in [0.29, 0.717) is 22.8 Å². The van der Waals surface area contributed by atoms with Crippen molar-refractivity contribution in [1.82, 2.24) is 19.3 Å². The largest absolute Gasteiger partial charge is 0.465 e. The van der Waals surface area contributed by atoms with Crippen LogP contribution in [0.4, 0.5) is 0 Å². The number of aromatic nitrogens is 4. The molecule has 0 aliphatic rings. The lowest BCUT2D eigenvalue weighted by molar-refractivity contribution is 0.0600. The quantitative estimate of drug-likeness (QED) is 0.236. The molecule has 2 aromatic heterocycles. The number of hydrogen-bond acceptors (Lipinski definition) is 6. The van der Waals surface area contributed by atoms with Gasteiger partial charge in [-0.2, -0.15) is 0 Å². The van der Waals surface area contributed by atoms with Gasteiger partial charge < -0.3 is 13.9 Å². The van der Waals surface area contributed by atoms with Crippen LogP contribution in [-0.4, -0.2) is 43.9 Å². The summed E-state index contributed by atoms with van der Waals surface area (Å²) < 4.78 is 8.67. The number of carbonyl (C=O) groups is 2. The molecule has 0 amide bonds. The average molecular weight is 425 g/mol. The van der Waals surface area contributed by atoms with Gasteiger partial charge in [-0.3, -0.25) is 4.79 Å². The Bertz CT molecular complexity index is 1100. The second-order valence-electron chi connectivity index (χ2n) is 6.80. The van der Waals surface area contributed by atoms with E-state index in [2.05, 4.69) is 16.8 Å². The van der Waals surface area contributed by atoms with Gasteiger partial charge in [-0.05, 0) is 51.1 Å². The first-order chi connectivity index (χ1) is 14.4. The Labute approximate surface area is 179 Å². The van der Waals surface area contributed by atoms with Crippen LogP contribution in [-0.2, 0) is 11.3 Å². The lowest BCUT2D eigenvalue weighted by Gasteiger charge is -2.10. The van der Waals surface area contributed by atoms with Crippen LogP contribution in [0.25, 0.3) is 5.69 Å². The fraction of sp³-hybridized carbons (Fsp3) is 0.273. The van der Waals surface area contributed by atoms with E-state index in [1.54, 1.807) is 18.2 Å². The van der Waals surface area contributed by atoms with Gasteiger partial charge >= 0.3 is 5.97 Å². The minimum atomic E-state index is -0.380. The molecular weight excluding hydrogens is 400 g/mol. The van der Waals surface area contributed by atoms with E-state index in [4.69, 9.17) is 4.74 Å². The molecule has 8 heteroatoms. The molecule has 0 aliphatic heterocycles. The number of ether oxygens (including phenoxy) is 1. The van der Waals surface area contributed by atoms with Crippen molar-refractivity contribution in [3.05, 3.63) is 71.3 Å². The van der Waals surface area contributed by atoms with Crippen molar-refractivity contribution in [3.8, 4) is 5.69 Å². The number of benzene rings is 1. The lowest BCUT2D eigenvalue weighted by Crippen LogP contribution is -2.07. The fourth-order valence-electron chi connectivity index (χ4n) is 3.32. The van der Waals surface area contributed by atoms with Gasteiger partial charge in [-0.1, -0.05) is 17.8 Å². The van der Waals surface area contributed by atoms with Crippen LogP contribution in [0.15, 0.2) is 48.1 Å². The van der Waals surface area contributed by atoms with Crippen LogP contribution in [0, 0.1) is 20.8 Å². The highest BCUT2D eigenvalue weighted by atomic mass is 32.2. The topological polar surface area (TPSA) is 79.0 Å². The molecule has 156 valence electrons. The second kappa shape index (κ2) is 9.13. The molecule has 0 bridgehead atoms. The molecule has 0 spiro atoms. The number of nitrogens with zero attached hydrogens (tertiary/aromatic N) is 4. The third-order valence-corrected chi connectivity index (χ3v) is 5.79. The Morgan fingerprint density at radius 3 is 2.50 bits per heavy atom. The molecule has 7 nitrogen and oxygen atoms in total. The van der Waals surface area contributed by atoms with Gasteiger partial charge in [-0.15, -0.1) is 16.8 Å². The third kappa shape index (κ3) is 4.23. The van der Waals surface area contributed by atoms with Gasteiger partial charge in [-0.25, -0.2) is 4.79 Å². The molecule has 1 aromatic carbocycles. The maximum atomic E-state index is 12.9. The molecule has 0 atom stereocenters. The Morgan fingerprint density at radius 2 is 1.87 bits per heavy atom. The fourth-order valence-corrected chi connectivity index (χ4v) is 4.20. The number of aryl methyl sites for hydroxylation is 2. The summed E-state index contributed by atoms with van der Waals surface area (Å²) in [6.45, 7) is 10.1. The van der Waals surface area contributed by atoms with Gasteiger partial charge in [0.05, 0.1) is 18.4 Å². The smallest absolute Gasteiger partial charge is 0.337 e. The van der Waals surface area contributed by atoms with E-state index in [9.17, 15) is 9.59 Å².